The molecular weight excluding hydrogens is 407 g/mol. The van der Waals surface area contributed by atoms with E-state index in [9.17, 15) is 4.79 Å². The number of benzene rings is 3. The molecule has 2 unspecified atom stereocenters. The third-order valence-electron chi connectivity index (χ3n) is 5.06. The second kappa shape index (κ2) is 8.51. The van der Waals surface area contributed by atoms with E-state index in [-0.39, 0.29) is 11.9 Å². The molecule has 2 atom stereocenters. The second-order valence-electron chi connectivity index (χ2n) is 7.03. The van der Waals surface area contributed by atoms with Crippen molar-refractivity contribution in [3.8, 4) is 0 Å². The fourth-order valence-corrected chi connectivity index (χ4v) is 3.95. The summed E-state index contributed by atoms with van der Waals surface area (Å²) in [6, 6.07) is 19.1. The SMILES string of the molecule is C/C(=N\NC(=O)C1CC(c2ccc(Cl)cc2Cl)NN1)c1ccc2ccccc2c1. The molecular formula is C22H20Cl2N4O. The number of amides is 1. The molecule has 0 spiro atoms. The monoisotopic (exact) mass is 426 g/mol. The van der Waals surface area contributed by atoms with Crippen molar-refractivity contribution in [1.82, 2.24) is 16.3 Å². The highest BCUT2D eigenvalue weighted by molar-refractivity contribution is 6.35. The molecule has 1 aliphatic heterocycles. The van der Waals surface area contributed by atoms with Crippen LogP contribution < -0.4 is 16.3 Å². The molecule has 4 rings (SSSR count). The number of hydrogen-bond acceptors (Lipinski definition) is 4. The smallest absolute Gasteiger partial charge is 0.258 e. The van der Waals surface area contributed by atoms with E-state index in [1.165, 1.54) is 5.39 Å². The van der Waals surface area contributed by atoms with Crippen LogP contribution in [0, 0.1) is 0 Å². The van der Waals surface area contributed by atoms with E-state index < -0.39 is 6.04 Å². The lowest BCUT2D eigenvalue weighted by Gasteiger charge is -2.11. The first-order valence-electron chi connectivity index (χ1n) is 9.30. The maximum Gasteiger partial charge on any atom is 0.258 e. The lowest BCUT2D eigenvalue weighted by molar-refractivity contribution is -0.122. The van der Waals surface area contributed by atoms with Crippen molar-refractivity contribution in [3.63, 3.8) is 0 Å². The molecule has 1 saturated heterocycles. The van der Waals surface area contributed by atoms with Crippen molar-refractivity contribution in [2.75, 3.05) is 0 Å². The van der Waals surface area contributed by atoms with E-state index in [2.05, 4.69) is 45.6 Å². The van der Waals surface area contributed by atoms with Crippen LogP contribution in [0.3, 0.4) is 0 Å². The van der Waals surface area contributed by atoms with Gasteiger partial charge in [-0.3, -0.25) is 4.79 Å². The molecule has 0 bridgehead atoms. The predicted octanol–water partition coefficient (Wildman–Crippen LogP) is 4.59. The lowest BCUT2D eigenvalue weighted by Crippen LogP contribution is -2.41. The Bertz CT molecular complexity index is 1100. The van der Waals surface area contributed by atoms with Crippen LogP contribution in [0.15, 0.2) is 65.8 Å². The van der Waals surface area contributed by atoms with E-state index in [4.69, 9.17) is 23.2 Å². The maximum absolute atomic E-state index is 12.5. The minimum absolute atomic E-state index is 0.0823. The van der Waals surface area contributed by atoms with Gasteiger partial charge in [0, 0.05) is 16.1 Å². The minimum atomic E-state index is -0.417. The van der Waals surface area contributed by atoms with Gasteiger partial charge in [-0.25, -0.2) is 16.3 Å². The quantitative estimate of drug-likeness (QED) is 0.422. The fourth-order valence-electron chi connectivity index (χ4n) is 3.41. The summed E-state index contributed by atoms with van der Waals surface area (Å²) in [6.45, 7) is 1.88. The summed E-state index contributed by atoms with van der Waals surface area (Å²) >= 11 is 12.2. The van der Waals surface area contributed by atoms with Crippen LogP contribution in [0.25, 0.3) is 10.8 Å². The summed E-state index contributed by atoms with van der Waals surface area (Å²) in [7, 11) is 0. The van der Waals surface area contributed by atoms with Gasteiger partial charge in [0.05, 0.1) is 5.71 Å². The Balaban J connectivity index is 1.41. The number of nitrogens with zero attached hydrogens (tertiary/aromatic N) is 1. The first-order chi connectivity index (χ1) is 14.0. The molecule has 0 aromatic heterocycles. The largest absolute Gasteiger partial charge is 0.271 e. The van der Waals surface area contributed by atoms with Crippen molar-refractivity contribution in [2.24, 2.45) is 5.10 Å². The van der Waals surface area contributed by atoms with Crippen LogP contribution in [-0.4, -0.2) is 17.7 Å². The van der Waals surface area contributed by atoms with Crippen LogP contribution in [0.5, 0.6) is 0 Å². The Morgan fingerprint density at radius 3 is 2.62 bits per heavy atom. The summed E-state index contributed by atoms with van der Waals surface area (Å²) in [5, 5.41) is 7.73. The highest BCUT2D eigenvalue weighted by atomic mass is 35.5. The van der Waals surface area contributed by atoms with Crippen molar-refractivity contribution >= 4 is 45.6 Å². The third-order valence-corrected chi connectivity index (χ3v) is 5.62. The topological polar surface area (TPSA) is 65.5 Å². The lowest BCUT2D eigenvalue weighted by atomic mass is 10.0. The number of halogens is 2. The van der Waals surface area contributed by atoms with Gasteiger partial charge in [-0.1, -0.05) is 65.7 Å². The van der Waals surface area contributed by atoms with Gasteiger partial charge in [0.25, 0.3) is 5.91 Å². The van der Waals surface area contributed by atoms with Gasteiger partial charge in [0.1, 0.15) is 6.04 Å². The third kappa shape index (κ3) is 4.43. The van der Waals surface area contributed by atoms with E-state index in [1.807, 2.05) is 31.2 Å². The Morgan fingerprint density at radius 2 is 1.83 bits per heavy atom. The Morgan fingerprint density at radius 1 is 1.03 bits per heavy atom. The van der Waals surface area contributed by atoms with E-state index >= 15 is 0 Å². The van der Waals surface area contributed by atoms with Crippen LogP contribution in [-0.2, 0) is 4.79 Å². The minimum Gasteiger partial charge on any atom is -0.271 e. The van der Waals surface area contributed by atoms with Crippen molar-refractivity contribution < 1.29 is 4.79 Å². The molecule has 1 aliphatic rings. The maximum atomic E-state index is 12.5. The molecule has 0 radical (unpaired) electrons. The molecule has 7 heteroatoms. The molecule has 3 N–H and O–H groups in total. The van der Waals surface area contributed by atoms with Gasteiger partial charge in [0.15, 0.2) is 0 Å². The summed E-state index contributed by atoms with van der Waals surface area (Å²) in [4.78, 5) is 12.5. The summed E-state index contributed by atoms with van der Waals surface area (Å²) in [6.07, 6.45) is 0.553. The molecule has 3 aromatic carbocycles. The van der Waals surface area contributed by atoms with Crippen LogP contribution in [0.2, 0.25) is 10.0 Å². The number of nitrogens with one attached hydrogen (secondary N) is 3. The van der Waals surface area contributed by atoms with Crippen molar-refractivity contribution in [2.45, 2.75) is 25.4 Å². The summed E-state index contributed by atoms with van der Waals surface area (Å²) in [5.41, 5.74) is 11.4. The molecule has 1 fully saturated rings. The predicted molar refractivity (Wildman–Crippen MR) is 118 cm³/mol. The molecule has 1 amide bonds. The number of carbonyl (C=O) groups is 1. The van der Waals surface area contributed by atoms with E-state index in [0.717, 1.165) is 22.2 Å². The molecule has 0 aliphatic carbocycles. The highest BCUT2D eigenvalue weighted by Crippen LogP contribution is 2.30. The zero-order valence-corrected chi connectivity index (χ0v) is 17.3. The Kier molecular flexibility index (Phi) is 5.83. The number of fused-ring (bicyclic) bond motifs is 1. The number of hydrazine groups is 1. The normalized spacial score (nSPS) is 19.5. The van der Waals surface area contributed by atoms with Gasteiger partial charge < -0.3 is 0 Å². The highest BCUT2D eigenvalue weighted by Gasteiger charge is 2.31. The molecule has 5 nitrogen and oxygen atoms in total. The summed E-state index contributed by atoms with van der Waals surface area (Å²) < 4.78 is 0. The van der Waals surface area contributed by atoms with E-state index in [0.29, 0.717) is 16.5 Å². The standard InChI is InChI=1S/C22H20Cl2N4O/c1-13(15-7-6-14-4-2-3-5-16(14)10-15)25-28-22(29)21-12-20(26-27-21)18-9-8-17(23)11-19(18)24/h2-11,20-21,26-27H,12H2,1H3,(H,28,29)/b25-13+. The van der Waals surface area contributed by atoms with Crippen molar-refractivity contribution in [3.05, 3.63) is 81.8 Å². The average Bonchev–Trinajstić information content (AvgIpc) is 3.21. The first-order valence-corrected chi connectivity index (χ1v) is 10.1. The number of rotatable bonds is 4. The van der Waals surface area contributed by atoms with Gasteiger partial charge in [0.2, 0.25) is 0 Å². The Hall–Kier alpha value is -2.44. The van der Waals surface area contributed by atoms with Crippen LogP contribution >= 0.6 is 23.2 Å². The molecule has 1 heterocycles. The van der Waals surface area contributed by atoms with Gasteiger partial charge in [-0.05, 0) is 53.4 Å². The number of hydrogen-bond donors (Lipinski definition) is 3. The van der Waals surface area contributed by atoms with Crippen LogP contribution in [0.4, 0.5) is 0 Å². The van der Waals surface area contributed by atoms with Gasteiger partial charge in [-0.15, -0.1) is 0 Å². The molecule has 0 saturated carbocycles. The number of carbonyl (C=O) groups excluding carboxylic acids is 1. The number of hydrazone groups is 1. The van der Waals surface area contributed by atoms with Crippen molar-refractivity contribution in [1.29, 1.82) is 0 Å². The molecule has 148 valence electrons. The Labute approximate surface area is 179 Å². The zero-order chi connectivity index (χ0) is 20.4. The van der Waals surface area contributed by atoms with Gasteiger partial charge in [-0.2, -0.15) is 5.10 Å². The average molecular weight is 427 g/mol. The molecule has 3 aromatic rings. The second-order valence-corrected chi connectivity index (χ2v) is 7.87. The van der Waals surface area contributed by atoms with Gasteiger partial charge >= 0.3 is 0 Å². The zero-order valence-electron chi connectivity index (χ0n) is 15.7. The van der Waals surface area contributed by atoms with Crippen LogP contribution in [0.1, 0.15) is 30.5 Å². The fraction of sp³-hybridized carbons (Fsp3) is 0.182. The van der Waals surface area contributed by atoms with E-state index in [1.54, 1.807) is 12.1 Å². The summed E-state index contributed by atoms with van der Waals surface area (Å²) in [5.74, 6) is -0.203. The molecule has 29 heavy (non-hydrogen) atoms. The first kappa shape index (κ1) is 19.9.